The summed E-state index contributed by atoms with van der Waals surface area (Å²) in [6.45, 7) is 0.517. The predicted octanol–water partition coefficient (Wildman–Crippen LogP) is 2.99. The van der Waals surface area contributed by atoms with Crippen molar-refractivity contribution < 1.29 is 4.74 Å². The van der Waals surface area contributed by atoms with Gasteiger partial charge in [-0.1, -0.05) is 29.9 Å². The van der Waals surface area contributed by atoms with Gasteiger partial charge in [-0.3, -0.25) is 4.98 Å². The summed E-state index contributed by atoms with van der Waals surface area (Å²) >= 11 is 11.0. The first-order valence-electron chi connectivity index (χ1n) is 5.79. The summed E-state index contributed by atoms with van der Waals surface area (Å²) in [6.07, 6.45) is 2.49. The van der Waals surface area contributed by atoms with E-state index in [-0.39, 0.29) is 0 Å². The van der Waals surface area contributed by atoms with Crippen molar-refractivity contribution in [3.05, 3.63) is 58.9 Å². The minimum Gasteiger partial charge on any atom is -0.492 e. The van der Waals surface area contributed by atoms with E-state index in [1.54, 1.807) is 24.4 Å². The van der Waals surface area contributed by atoms with Gasteiger partial charge in [0.25, 0.3) is 0 Å². The molecule has 0 aliphatic carbocycles. The lowest BCUT2D eigenvalue weighted by Crippen LogP contribution is -2.09. The number of hydrogen-bond donors (Lipinski definition) is 1. The van der Waals surface area contributed by atoms with Crippen molar-refractivity contribution in [3.63, 3.8) is 0 Å². The largest absolute Gasteiger partial charge is 0.492 e. The van der Waals surface area contributed by atoms with Crippen molar-refractivity contribution in [2.75, 3.05) is 6.61 Å². The molecule has 0 fully saturated rings. The van der Waals surface area contributed by atoms with E-state index in [9.17, 15) is 0 Å². The summed E-state index contributed by atoms with van der Waals surface area (Å²) in [5.74, 6) is 0.623. The molecule has 1 heterocycles. The van der Waals surface area contributed by atoms with Gasteiger partial charge >= 0.3 is 0 Å². The van der Waals surface area contributed by atoms with Crippen molar-refractivity contribution in [1.82, 2.24) is 4.98 Å². The van der Waals surface area contributed by atoms with Crippen LogP contribution in [0.2, 0.25) is 5.02 Å². The molecule has 0 saturated heterocycles. The Labute approximate surface area is 122 Å². The van der Waals surface area contributed by atoms with E-state index in [0.29, 0.717) is 22.4 Å². The quantitative estimate of drug-likeness (QED) is 0.861. The van der Waals surface area contributed by atoms with E-state index in [1.807, 2.05) is 18.2 Å². The Bertz CT molecular complexity index is 575. The third-order valence-corrected chi connectivity index (χ3v) is 3.09. The van der Waals surface area contributed by atoms with Gasteiger partial charge in [0.15, 0.2) is 0 Å². The van der Waals surface area contributed by atoms with Crippen LogP contribution in [-0.2, 0) is 6.42 Å². The highest BCUT2D eigenvalue weighted by Gasteiger charge is 2.05. The number of aromatic nitrogens is 1. The number of rotatable bonds is 5. The van der Waals surface area contributed by atoms with Crippen molar-refractivity contribution in [2.24, 2.45) is 5.73 Å². The lowest BCUT2D eigenvalue weighted by atomic mass is 10.2. The van der Waals surface area contributed by atoms with Crippen LogP contribution in [0.25, 0.3) is 0 Å². The van der Waals surface area contributed by atoms with Gasteiger partial charge in [0.1, 0.15) is 10.7 Å². The fraction of sp³-hybridized carbons (Fsp3) is 0.143. The molecule has 0 atom stereocenters. The smallest absolute Gasteiger partial charge is 0.137 e. The highest BCUT2D eigenvalue weighted by Crippen LogP contribution is 2.25. The van der Waals surface area contributed by atoms with E-state index in [1.165, 1.54) is 0 Å². The number of ether oxygens (including phenoxy) is 1. The third-order valence-electron chi connectivity index (χ3n) is 2.56. The molecule has 2 rings (SSSR count). The highest BCUT2D eigenvalue weighted by molar-refractivity contribution is 7.80. The van der Waals surface area contributed by atoms with Crippen LogP contribution in [0.5, 0.6) is 5.75 Å². The second-order valence-corrected chi connectivity index (χ2v) is 4.78. The molecule has 0 amide bonds. The summed E-state index contributed by atoms with van der Waals surface area (Å²) in [7, 11) is 0. The molecular weight excluding hydrogens is 280 g/mol. The Morgan fingerprint density at radius 3 is 2.79 bits per heavy atom. The predicted molar refractivity (Wildman–Crippen MR) is 80.8 cm³/mol. The molecule has 3 nitrogen and oxygen atoms in total. The van der Waals surface area contributed by atoms with Crippen LogP contribution in [0.4, 0.5) is 0 Å². The zero-order valence-corrected chi connectivity index (χ0v) is 11.7. The zero-order valence-electron chi connectivity index (χ0n) is 10.2. The molecule has 1 aromatic heterocycles. The van der Waals surface area contributed by atoms with Crippen LogP contribution in [0.3, 0.4) is 0 Å². The fourth-order valence-electron chi connectivity index (χ4n) is 1.58. The van der Waals surface area contributed by atoms with Crippen LogP contribution in [-0.4, -0.2) is 16.6 Å². The van der Waals surface area contributed by atoms with Crippen molar-refractivity contribution in [3.8, 4) is 5.75 Å². The maximum Gasteiger partial charge on any atom is 0.137 e. The van der Waals surface area contributed by atoms with E-state index in [0.717, 1.165) is 17.7 Å². The Morgan fingerprint density at radius 1 is 1.32 bits per heavy atom. The molecule has 2 N–H and O–H groups in total. The van der Waals surface area contributed by atoms with Gasteiger partial charge in [0.2, 0.25) is 0 Å². The number of thiocarbonyl (C=S) groups is 1. The Morgan fingerprint density at radius 2 is 2.16 bits per heavy atom. The third kappa shape index (κ3) is 3.91. The Kier molecular flexibility index (Phi) is 4.71. The monoisotopic (exact) mass is 292 g/mol. The van der Waals surface area contributed by atoms with Gasteiger partial charge in [-0.2, -0.15) is 0 Å². The van der Waals surface area contributed by atoms with Crippen molar-refractivity contribution >= 4 is 28.8 Å². The SMILES string of the molecule is NC(=S)c1ccc(OCCc2ccccn2)c(Cl)c1. The van der Waals surface area contributed by atoms with E-state index in [2.05, 4.69) is 4.98 Å². The molecule has 19 heavy (non-hydrogen) atoms. The fourth-order valence-corrected chi connectivity index (χ4v) is 1.94. The molecule has 2 aromatic rings. The maximum absolute atomic E-state index is 6.10. The summed E-state index contributed by atoms with van der Waals surface area (Å²) in [5.41, 5.74) is 7.25. The van der Waals surface area contributed by atoms with Gasteiger partial charge in [-0.25, -0.2) is 0 Å². The second-order valence-electron chi connectivity index (χ2n) is 3.93. The van der Waals surface area contributed by atoms with Gasteiger partial charge in [0, 0.05) is 23.9 Å². The topological polar surface area (TPSA) is 48.1 Å². The molecule has 0 unspecified atom stereocenters. The number of hydrogen-bond acceptors (Lipinski definition) is 3. The molecule has 0 radical (unpaired) electrons. The minimum absolute atomic E-state index is 0.321. The van der Waals surface area contributed by atoms with Crippen LogP contribution in [0.15, 0.2) is 42.6 Å². The van der Waals surface area contributed by atoms with Crippen LogP contribution in [0, 0.1) is 0 Å². The molecule has 0 aliphatic heterocycles. The molecule has 0 aliphatic rings. The van der Waals surface area contributed by atoms with Gasteiger partial charge in [-0.05, 0) is 30.3 Å². The first-order valence-corrected chi connectivity index (χ1v) is 6.57. The number of pyridine rings is 1. The van der Waals surface area contributed by atoms with E-state index >= 15 is 0 Å². The molecule has 5 heteroatoms. The minimum atomic E-state index is 0.321. The summed E-state index contributed by atoms with van der Waals surface area (Å²) in [5, 5.41) is 0.506. The summed E-state index contributed by atoms with van der Waals surface area (Å²) in [4.78, 5) is 4.54. The average Bonchev–Trinajstić information content (AvgIpc) is 2.41. The first kappa shape index (κ1) is 13.8. The molecule has 0 saturated carbocycles. The van der Waals surface area contributed by atoms with Crippen LogP contribution in [0.1, 0.15) is 11.3 Å². The highest BCUT2D eigenvalue weighted by atomic mass is 35.5. The van der Waals surface area contributed by atoms with E-state index in [4.69, 9.17) is 34.3 Å². The number of nitrogens with zero attached hydrogens (tertiary/aromatic N) is 1. The standard InChI is InChI=1S/C14H13ClN2OS/c15-12-9-10(14(16)19)4-5-13(12)18-8-6-11-3-1-2-7-17-11/h1-5,7,9H,6,8H2,(H2,16,19). The Balaban J connectivity index is 1.95. The normalized spacial score (nSPS) is 10.2. The van der Waals surface area contributed by atoms with Gasteiger partial charge < -0.3 is 10.5 Å². The molecule has 98 valence electrons. The zero-order chi connectivity index (χ0) is 13.7. The lowest BCUT2D eigenvalue weighted by molar-refractivity contribution is 0.320. The lowest BCUT2D eigenvalue weighted by Gasteiger charge is -2.09. The van der Waals surface area contributed by atoms with Crippen LogP contribution < -0.4 is 10.5 Å². The number of nitrogens with two attached hydrogens (primary N) is 1. The Hall–Kier alpha value is -1.65. The van der Waals surface area contributed by atoms with Gasteiger partial charge in [0.05, 0.1) is 11.6 Å². The van der Waals surface area contributed by atoms with E-state index < -0.39 is 0 Å². The molecule has 0 spiro atoms. The maximum atomic E-state index is 6.10. The summed E-state index contributed by atoms with van der Waals surface area (Å²) < 4.78 is 5.62. The number of benzene rings is 1. The average molecular weight is 293 g/mol. The van der Waals surface area contributed by atoms with Gasteiger partial charge in [-0.15, -0.1) is 0 Å². The van der Waals surface area contributed by atoms with Crippen molar-refractivity contribution in [2.45, 2.75) is 6.42 Å². The molecular formula is C14H13ClN2OS. The van der Waals surface area contributed by atoms with Crippen LogP contribution >= 0.6 is 23.8 Å². The second kappa shape index (κ2) is 6.50. The molecule has 0 bridgehead atoms. The van der Waals surface area contributed by atoms with Crippen molar-refractivity contribution in [1.29, 1.82) is 0 Å². The summed E-state index contributed by atoms with van der Waals surface area (Å²) in [6, 6.07) is 11.1. The number of halogens is 1. The molecule has 1 aromatic carbocycles. The first-order chi connectivity index (χ1) is 9.16.